The number of nitrogens with one attached hydrogen (secondary N) is 1. The molecule has 0 radical (unpaired) electrons. The number of ether oxygens (including phenoxy) is 2. The van der Waals surface area contributed by atoms with Crippen molar-refractivity contribution in [2.24, 2.45) is 5.92 Å². The van der Waals surface area contributed by atoms with Gasteiger partial charge >= 0.3 is 5.97 Å². The molecule has 1 aromatic rings. The SMILES string of the molecule is COCCCOc1cccc(C(=O)NCC(C)C(=O)O)c1. The number of aliphatic carboxylic acids is 1. The molecule has 21 heavy (non-hydrogen) atoms. The fourth-order valence-corrected chi connectivity index (χ4v) is 1.56. The molecular weight excluding hydrogens is 274 g/mol. The summed E-state index contributed by atoms with van der Waals surface area (Å²) in [6.45, 7) is 2.76. The molecule has 1 aromatic carbocycles. The molecule has 6 nitrogen and oxygen atoms in total. The van der Waals surface area contributed by atoms with Gasteiger partial charge in [-0.25, -0.2) is 0 Å². The third-order valence-electron chi connectivity index (χ3n) is 2.85. The molecule has 0 aliphatic rings. The maximum Gasteiger partial charge on any atom is 0.308 e. The van der Waals surface area contributed by atoms with Crippen molar-refractivity contribution in [3.63, 3.8) is 0 Å². The zero-order chi connectivity index (χ0) is 15.7. The monoisotopic (exact) mass is 295 g/mol. The summed E-state index contributed by atoms with van der Waals surface area (Å²) in [5.41, 5.74) is 0.442. The molecule has 116 valence electrons. The van der Waals surface area contributed by atoms with Crippen molar-refractivity contribution in [2.45, 2.75) is 13.3 Å². The van der Waals surface area contributed by atoms with Crippen LogP contribution < -0.4 is 10.1 Å². The zero-order valence-electron chi connectivity index (χ0n) is 12.3. The van der Waals surface area contributed by atoms with Crippen molar-refractivity contribution in [3.8, 4) is 5.75 Å². The van der Waals surface area contributed by atoms with E-state index in [9.17, 15) is 9.59 Å². The van der Waals surface area contributed by atoms with Crippen LogP contribution in [0.2, 0.25) is 0 Å². The lowest BCUT2D eigenvalue weighted by atomic mass is 10.1. The minimum Gasteiger partial charge on any atom is -0.493 e. The lowest BCUT2D eigenvalue weighted by Crippen LogP contribution is -2.31. The van der Waals surface area contributed by atoms with Crippen LogP contribution in [0.3, 0.4) is 0 Å². The Balaban J connectivity index is 2.50. The van der Waals surface area contributed by atoms with Crippen LogP contribution in [0.25, 0.3) is 0 Å². The number of rotatable bonds is 9. The van der Waals surface area contributed by atoms with E-state index in [0.29, 0.717) is 24.5 Å². The number of amides is 1. The van der Waals surface area contributed by atoms with E-state index >= 15 is 0 Å². The highest BCUT2D eigenvalue weighted by molar-refractivity contribution is 5.94. The van der Waals surface area contributed by atoms with Crippen LogP contribution in [0.1, 0.15) is 23.7 Å². The third kappa shape index (κ3) is 6.27. The Morgan fingerprint density at radius 2 is 2.10 bits per heavy atom. The molecule has 0 bridgehead atoms. The Morgan fingerprint density at radius 1 is 1.33 bits per heavy atom. The Labute approximate surface area is 124 Å². The summed E-state index contributed by atoms with van der Waals surface area (Å²) >= 11 is 0. The van der Waals surface area contributed by atoms with Crippen molar-refractivity contribution in [3.05, 3.63) is 29.8 Å². The van der Waals surface area contributed by atoms with Gasteiger partial charge in [0.2, 0.25) is 0 Å². The predicted octanol–water partition coefficient (Wildman–Crippen LogP) is 1.55. The molecular formula is C15H21NO5. The summed E-state index contributed by atoms with van der Waals surface area (Å²) < 4.78 is 10.4. The molecule has 1 amide bonds. The van der Waals surface area contributed by atoms with Crippen molar-refractivity contribution in [1.29, 1.82) is 0 Å². The molecule has 0 aromatic heterocycles. The molecule has 1 atom stereocenters. The second kappa shape index (κ2) is 8.97. The minimum atomic E-state index is -0.939. The number of carboxylic acids is 1. The molecule has 6 heteroatoms. The summed E-state index contributed by atoms with van der Waals surface area (Å²) in [7, 11) is 1.63. The topological polar surface area (TPSA) is 84.9 Å². The van der Waals surface area contributed by atoms with Gasteiger partial charge < -0.3 is 19.9 Å². The lowest BCUT2D eigenvalue weighted by Gasteiger charge is -2.10. The highest BCUT2D eigenvalue weighted by atomic mass is 16.5. The third-order valence-corrected chi connectivity index (χ3v) is 2.85. The van der Waals surface area contributed by atoms with Gasteiger partial charge in [0, 0.05) is 32.2 Å². The lowest BCUT2D eigenvalue weighted by molar-refractivity contribution is -0.140. The van der Waals surface area contributed by atoms with Crippen molar-refractivity contribution < 1.29 is 24.2 Å². The Kier molecular flexibility index (Phi) is 7.25. The minimum absolute atomic E-state index is 0.0904. The predicted molar refractivity (Wildman–Crippen MR) is 77.6 cm³/mol. The Morgan fingerprint density at radius 3 is 2.76 bits per heavy atom. The first-order valence-electron chi connectivity index (χ1n) is 6.77. The van der Waals surface area contributed by atoms with Crippen LogP contribution in [0, 0.1) is 5.92 Å². The van der Waals surface area contributed by atoms with E-state index in [1.54, 1.807) is 31.4 Å². The van der Waals surface area contributed by atoms with E-state index in [1.807, 2.05) is 0 Å². The molecule has 0 saturated carbocycles. The van der Waals surface area contributed by atoms with E-state index in [2.05, 4.69) is 5.32 Å². The molecule has 0 heterocycles. The van der Waals surface area contributed by atoms with Gasteiger partial charge in [-0.3, -0.25) is 9.59 Å². The molecule has 0 aliphatic heterocycles. The molecule has 0 spiro atoms. The highest BCUT2D eigenvalue weighted by Gasteiger charge is 2.13. The maximum absolute atomic E-state index is 11.9. The molecule has 0 saturated heterocycles. The second-order valence-corrected chi connectivity index (χ2v) is 4.67. The van der Waals surface area contributed by atoms with E-state index in [1.165, 1.54) is 6.92 Å². The first-order valence-corrected chi connectivity index (χ1v) is 6.77. The van der Waals surface area contributed by atoms with Crippen molar-refractivity contribution >= 4 is 11.9 Å². The van der Waals surface area contributed by atoms with Crippen LogP contribution in [0.4, 0.5) is 0 Å². The number of benzene rings is 1. The van der Waals surface area contributed by atoms with Gasteiger partial charge in [-0.1, -0.05) is 13.0 Å². The van der Waals surface area contributed by atoms with Crippen molar-refractivity contribution in [1.82, 2.24) is 5.32 Å². The van der Waals surface area contributed by atoms with Crippen LogP contribution in [-0.2, 0) is 9.53 Å². The van der Waals surface area contributed by atoms with Gasteiger partial charge in [0.1, 0.15) is 5.75 Å². The van der Waals surface area contributed by atoms with Gasteiger partial charge in [-0.05, 0) is 18.2 Å². The maximum atomic E-state index is 11.9. The van der Waals surface area contributed by atoms with Crippen LogP contribution >= 0.6 is 0 Å². The van der Waals surface area contributed by atoms with E-state index in [0.717, 1.165) is 6.42 Å². The van der Waals surface area contributed by atoms with E-state index < -0.39 is 11.9 Å². The van der Waals surface area contributed by atoms with Gasteiger partial charge in [0.15, 0.2) is 0 Å². The summed E-state index contributed by atoms with van der Waals surface area (Å²) in [4.78, 5) is 22.6. The summed E-state index contributed by atoms with van der Waals surface area (Å²) in [5, 5.41) is 11.4. The summed E-state index contributed by atoms with van der Waals surface area (Å²) in [6, 6.07) is 6.78. The van der Waals surface area contributed by atoms with Crippen LogP contribution in [-0.4, -0.2) is 43.9 Å². The standard InChI is InChI=1S/C15H21NO5/c1-11(15(18)19)10-16-14(17)12-5-3-6-13(9-12)21-8-4-7-20-2/h3,5-6,9,11H,4,7-8,10H2,1-2H3,(H,16,17)(H,18,19). The fourth-order valence-electron chi connectivity index (χ4n) is 1.56. The van der Waals surface area contributed by atoms with E-state index in [-0.39, 0.29) is 12.5 Å². The summed E-state index contributed by atoms with van der Waals surface area (Å²) in [6.07, 6.45) is 0.767. The number of hydrogen-bond donors (Lipinski definition) is 2. The fraction of sp³-hybridized carbons (Fsp3) is 0.467. The van der Waals surface area contributed by atoms with Gasteiger partial charge in [0.05, 0.1) is 12.5 Å². The quantitative estimate of drug-likeness (QED) is 0.675. The number of carboxylic acid groups (broad SMARTS) is 1. The normalized spacial score (nSPS) is 11.7. The number of methoxy groups -OCH3 is 1. The molecule has 1 unspecified atom stereocenters. The van der Waals surface area contributed by atoms with Crippen molar-refractivity contribution in [2.75, 3.05) is 26.9 Å². The van der Waals surface area contributed by atoms with Crippen LogP contribution in [0.15, 0.2) is 24.3 Å². The molecule has 2 N–H and O–H groups in total. The van der Waals surface area contributed by atoms with Crippen LogP contribution in [0.5, 0.6) is 5.75 Å². The zero-order valence-corrected chi connectivity index (χ0v) is 12.3. The highest BCUT2D eigenvalue weighted by Crippen LogP contribution is 2.13. The molecule has 0 fully saturated rings. The number of carbonyl (C=O) groups excluding carboxylic acids is 1. The Hall–Kier alpha value is -2.08. The van der Waals surface area contributed by atoms with Gasteiger partial charge in [0.25, 0.3) is 5.91 Å². The van der Waals surface area contributed by atoms with E-state index in [4.69, 9.17) is 14.6 Å². The largest absolute Gasteiger partial charge is 0.493 e. The first-order chi connectivity index (χ1) is 10.0. The molecule has 1 rings (SSSR count). The summed E-state index contributed by atoms with van der Waals surface area (Å²) in [5.74, 6) is -1.27. The molecule has 0 aliphatic carbocycles. The second-order valence-electron chi connectivity index (χ2n) is 4.67. The van der Waals surface area contributed by atoms with Gasteiger partial charge in [-0.2, -0.15) is 0 Å². The Bertz CT molecular complexity index is 475. The average molecular weight is 295 g/mol. The first kappa shape index (κ1) is 17.0. The smallest absolute Gasteiger partial charge is 0.308 e. The number of hydrogen-bond acceptors (Lipinski definition) is 4. The average Bonchev–Trinajstić information content (AvgIpc) is 2.49. The van der Waals surface area contributed by atoms with Gasteiger partial charge in [-0.15, -0.1) is 0 Å². The number of carbonyl (C=O) groups is 2.